The topological polar surface area (TPSA) is 30.5 Å². The molecule has 3 nitrogen and oxygen atoms in total. The minimum atomic E-state index is 0.653. The van der Waals surface area contributed by atoms with Crippen molar-refractivity contribution < 1.29 is 9.47 Å². The number of nitrogens with one attached hydrogen (secondary N) is 1. The number of benzene rings is 2. The Hall–Kier alpha value is -2.00. The molecule has 23 heavy (non-hydrogen) atoms. The highest BCUT2D eigenvalue weighted by Crippen LogP contribution is 2.36. The highest BCUT2D eigenvalue weighted by Gasteiger charge is 2.29. The lowest BCUT2D eigenvalue weighted by atomic mass is 9.76. The third-order valence-electron chi connectivity index (χ3n) is 4.70. The smallest absolute Gasteiger partial charge is 0.160 e. The Morgan fingerprint density at radius 2 is 1.70 bits per heavy atom. The molecule has 0 bridgehead atoms. The Balaban J connectivity index is 1.43. The minimum Gasteiger partial charge on any atom is -0.493 e. The molecule has 0 heterocycles. The van der Waals surface area contributed by atoms with E-state index in [4.69, 9.17) is 9.47 Å². The minimum absolute atomic E-state index is 0.653. The van der Waals surface area contributed by atoms with Crippen LogP contribution in [0.15, 0.2) is 48.5 Å². The Morgan fingerprint density at radius 3 is 2.39 bits per heavy atom. The van der Waals surface area contributed by atoms with E-state index >= 15 is 0 Å². The molecular weight excluding hydrogens is 286 g/mol. The van der Waals surface area contributed by atoms with Crippen molar-refractivity contribution >= 4 is 0 Å². The van der Waals surface area contributed by atoms with Gasteiger partial charge in [0, 0.05) is 6.04 Å². The van der Waals surface area contributed by atoms with Crippen molar-refractivity contribution in [2.75, 3.05) is 20.8 Å². The molecule has 3 rings (SSSR count). The van der Waals surface area contributed by atoms with Gasteiger partial charge in [0.15, 0.2) is 11.5 Å². The quantitative estimate of drug-likeness (QED) is 0.844. The predicted molar refractivity (Wildman–Crippen MR) is 93.5 cm³/mol. The molecule has 0 amide bonds. The van der Waals surface area contributed by atoms with Gasteiger partial charge >= 0.3 is 0 Å². The number of ether oxygens (including phenoxy) is 2. The van der Waals surface area contributed by atoms with E-state index in [0.29, 0.717) is 6.04 Å². The average Bonchev–Trinajstić information content (AvgIpc) is 2.57. The molecule has 0 aliphatic heterocycles. The predicted octanol–water partition coefficient (Wildman–Crippen LogP) is 3.78. The van der Waals surface area contributed by atoms with E-state index in [1.165, 1.54) is 24.0 Å². The van der Waals surface area contributed by atoms with Gasteiger partial charge in [-0.2, -0.15) is 0 Å². The summed E-state index contributed by atoms with van der Waals surface area (Å²) in [4.78, 5) is 0. The van der Waals surface area contributed by atoms with Crippen LogP contribution in [0.2, 0.25) is 0 Å². The first-order valence-electron chi connectivity index (χ1n) is 8.29. The van der Waals surface area contributed by atoms with Gasteiger partial charge in [-0.05, 0) is 55.0 Å². The lowest BCUT2D eigenvalue weighted by Crippen LogP contribution is -2.40. The normalized spacial score (nSPS) is 19.9. The molecular formula is C20H25NO2. The zero-order valence-electron chi connectivity index (χ0n) is 13.9. The molecule has 2 aromatic rings. The van der Waals surface area contributed by atoms with Gasteiger partial charge in [0.05, 0.1) is 14.2 Å². The van der Waals surface area contributed by atoms with Crippen molar-refractivity contribution in [2.24, 2.45) is 0 Å². The molecule has 1 fully saturated rings. The molecule has 1 aliphatic rings. The molecule has 3 heteroatoms. The third-order valence-corrected chi connectivity index (χ3v) is 4.70. The van der Waals surface area contributed by atoms with Crippen molar-refractivity contribution in [3.8, 4) is 11.5 Å². The SMILES string of the molecule is COc1ccc(CCNC2CC(c3ccccc3)C2)cc1OC. The molecule has 0 spiro atoms. The molecule has 1 saturated carbocycles. The van der Waals surface area contributed by atoms with Crippen LogP contribution in [-0.2, 0) is 6.42 Å². The second-order valence-corrected chi connectivity index (χ2v) is 6.17. The molecule has 1 aliphatic carbocycles. The molecule has 0 radical (unpaired) electrons. The molecule has 122 valence electrons. The maximum atomic E-state index is 5.35. The van der Waals surface area contributed by atoms with Crippen LogP contribution in [0.4, 0.5) is 0 Å². The molecule has 0 atom stereocenters. The summed E-state index contributed by atoms with van der Waals surface area (Å²) in [6, 6.07) is 17.6. The average molecular weight is 311 g/mol. The summed E-state index contributed by atoms with van der Waals surface area (Å²) in [5.41, 5.74) is 2.75. The Bertz CT molecular complexity index is 621. The van der Waals surface area contributed by atoms with Gasteiger partial charge in [-0.1, -0.05) is 36.4 Å². The van der Waals surface area contributed by atoms with Crippen LogP contribution in [0, 0.1) is 0 Å². The third kappa shape index (κ3) is 3.85. The summed E-state index contributed by atoms with van der Waals surface area (Å²) in [5.74, 6) is 2.32. The van der Waals surface area contributed by atoms with E-state index in [1.54, 1.807) is 14.2 Å². The van der Waals surface area contributed by atoms with Crippen LogP contribution in [0.1, 0.15) is 29.9 Å². The van der Waals surface area contributed by atoms with Gasteiger partial charge in [0.1, 0.15) is 0 Å². The van der Waals surface area contributed by atoms with Crippen LogP contribution in [0.3, 0.4) is 0 Å². The number of rotatable bonds is 7. The lowest BCUT2D eigenvalue weighted by molar-refractivity contribution is 0.292. The maximum absolute atomic E-state index is 5.35. The first kappa shape index (κ1) is 15.9. The summed E-state index contributed by atoms with van der Waals surface area (Å²) in [6.07, 6.45) is 3.50. The van der Waals surface area contributed by atoms with Crippen LogP contribution in [0.5, 0.6) is 11.5 Å². The fourth-order valence-corrected chi connectivity index (χ4v) is 3.24. The van der Waals surface area contributed by atoms with E-state index < -0.39 is 0 Å². The second-order valence-electron chi connectivity index (χ2n) is 6.17. The van der Waals surface area contributed by atoms with Gasteiger partial charge < -0.3 is 14.8 Å². The molecule has 2 aromatic carbocycles. The molecule has 0 saturated heterocycles. The van der Waals surface area contributed by atoms with E-state index in [-0.39, 0.29) is 0 Å². The molecule has 0 unspecified atom stereocenters. The van der Waals surface area contributed by atoms with Gasteiger partial charge in [-0.25, -0.2) is 0 Å². The Labute approximate surface area is 138 Å². The van der Waals surface area contributed by atoms with Crippen LogP contribution >= 0.6 is 0 Å². The lowest BCUT2D eigenvalue weighted by Gasteiger charge is -2.36. The summed E-state index contributed by atoms with van der Waals surface area (Å²) in [6.45, 7) is 1.00. The van der Waals surface area contributed by atoms with E-state index in [2.05, 4.69) is 47.8 Å². The standard InChI is InChI=1S/C20H25NO2/c1-22-19-9-8-15(12-20(19)23-2)10-11-21-18-13-17(14-18)16-6-4-3-5-7-16/h3-9,12,17-18,21H,10-11,13-14H2,1-2H3. The van der Waals surface area contributed by atoms with Crippen molar-refractivity contribution in [2.45, 2.75) is 31.2 Å². The van der Waals surface area contributed by atoms with Crippen molar-refractivity contribution in [1.82, 2.24) is 5.32 Å². The van der Waals surface area contributed by atoms with Crippen molar-refractivity contribution in [3.63, 3.8) is 0 Å². The van der Waals surface area contributed by atoms with Gasteiger partial charge in [-0.15, -0.1) is 0 Å². The summed E-state index contributed by atoms with van der Waals surface area (Å²) >= 11 is 0. The van der Waals surface area contributed by atoms with E-state index in [9.17, 15) is 0 Å². The summed E-state index contributed by atoms with van der Waals surface area (Å²) in [7, 11) is 3.34. The highest BCUT2D eigenvalue weighted by molar-refractivity contribution is 5.42. The fraction of sp³-hybridized carbons (Fsp3) is 0.400. The zero-order chi connectivity index (χ0) is 16.1. The Kier molecular flexibility index (Phi) is 5.19. The maximum Gasteiger partial charge on any atom is 0.160 e. The monoisotopic (exact) mass is 311 g/mol. The van der Waals surface area contributed by atoms with E-state index in [0.717, 1.165) is 30.4 Å². The second kappa shape index (κ2) is 7.51. The highest BCUT2D eigenvalue weighted by atomic mass is 16.5. The van der Waals surface area contributed by atoms with Gasteiger partial charge in [0.25, 0.3) is 0 Å². The van der Waals surface area contributed by atoms with Crippen LogP contribution in [0.25, 0.3) is 0 Å². The number of hydrogen-bond acceptors (Lipinski definition) is 3. The molecule has 0 aromatic heterocycles. The number of methoxy groups -OCH3 is 2. The molecule has 1 N–H and O–H groups in total. The van der Waals surface area contributed by atoms with Gasteiger partial charge in [-0.3, -0.25) is 0 Å². The first-order chi connectivity index (χ1) is 11.3. The van der Waals surface area contributed by atoms with Gasteiger partial charge in [0.2, 0.25) is 0 Å². The zero-order valence-corrected chi connectivity index (χ0v) is 13.9. The summed E-state index contributed by atoms with van der Waals surface area (Å²) in [5, 5.41) is 3.66. The van der Waals surface area contributed by atoms with Crippen molar-refractivity contribution in [3.05, 3.63) is 59.7 Å². The first-order valence-corrected chi connectivity index (χ1v) is 8.29. The van der Waals surface area contributed by atoms with Crippen LogP contribution < -0.4 is 14.8 Å². The van der Waals surface area contributed by atoms with Crippen molar-refractivity contribution in [1.29, 1.82) is 0 Å². The van der Waals surface area contributed by atoms with E-state index in [1.807, 2.05) is 6.07 Å². The Morgan fingerprint density at radius 1 is 0.957 bits per heavy atom. The van der Waals surface area contributed by atoms with Crippen LogP contribution in [-0.4, -0.2) is 26.8 Å². The summed E-state index contributed by atoms with van der Waals surface area (Å²) < 4.78 is 10.6. The fourth-order valence-electron chi connectivity index (χ4n) is 3.24. The number of hydrogen-bond donors (Lipinski definition) is 1. The largest absolute Gasteiger partial charge is 0.493 e.